The summed E-state index contributed by atoms with van der Waals surface area (Å²) in [6.07, 6.45) is 5.16. The number of fused-ring (bicyclic) bond motifs is 1. The molecule has 4 rings (SSSR count). The number of sulfonamides is 1. The van der Waals surface area contributed by atoms with Crippen molar-refractivity contribution in [3.63, 3.8) is 0 Å². The van der Waals surface area contributed by atoms with E-state index in [4.69, 9.17) is 5.73 Å². The molecule has 0 bridgehead atoms. The molecule has 1 aliphatic carbocycles. The third-order valence-electron chi connectivity index (χ3n) is 5.15. The van der Waals surface area contributed by atoms with Crippen LogP contribution in [-0.2, 0) is 10.0 Å². The summed E-state index contributed by atoms with van der Waals surface area (Å²) < 4.78 is 28.3. The van der Waals surface area contributed by atoms with Gasteiger partial charge < -0.3 is 5.73 Å². The van der Waals surface area contributed by atoms with Crippen LogP contribution in [0.2, 0.25) is 0 Å². The van der Waals surface area contributed by atoms with Crippen LogP contribution in [0.1, 0.15) is 37.7 Å². The highest BCUT2D eigenvalue weighted by Crippen LogP contribution is 2.27. The van der Waals surface area contributed by atoms with Gasteiger partial charge in [0.05, 0.1) is 16.1 Å². The van der Waals surface area contributed by atoms with Crippen LogP contribution in [0.15, 0.2) is 35.2 Å². The fourth-order valence-corrected chi connectivity index (χ4v) is 5.06. The first-order valence-electron chi connectivity index (χ1n) is 9.18. The Morgan fingerprint density at radius 2 is 1.93 bits per heavy atom. The van der Waals surface area contributed by atoms with Gasteiger partial charge in [0, 0.05) is 11.6 Å². The molecule has 1 aliphatic rings. The van der Waals surface area contributed by atoms with Gasteiger partial charge in [0.15, 0.2) is 5.82 Å². The van der Waals surface area contributed by atoms with Crippen molar-refractivity contribution in [2.24, 2.45) is 0 Å². The van der Waals surface area contributed by atoms with Crippen molar-refractivity contribution < 1.29 is 8.42 Å². The Balaban J connectivity index is 1.64. The van der Waals surface area contributed by atoms with Crippen LogP contribution in [0, 0.1) is 6.92 Å². The van der Waals surface area contributed by atoms with E-state index in [1.807, 2.05) is 19.1 Å². The number of hydrogen-bond donors (Lipinski definition) is 3. The molecule has 2 aromatic heterocycles. The molecule has 1 saturated carbocycles. The third kappa shape index (κ3) is 3.54. The Bertz CT molecular complexity index is 1080. The number of nitrogen functional groups attached to an aromatic ring is 1. The molecule has 0 unspecified atom stereocenters. The van der Waals surface area contributed by atoms with Crippen LogP contribution < -0.4 is 10.5 Å². The number of hydrogen-bond acceptors (Lipinski definition) is 5. The van der Waals surface area contributed by atoms with Crippen LogP contribution in [-0.4, -0.2) is 29.6 Å². The van der Waals surface area contributed by atoms with Gasteiger partial charge in [-0.15, -0.1) is 0 Å². The van der Waals surface area contributed by atoms with Crippen molar-refractivity contribution in [3.05, 3.63) is 35.9 Å². The zero-order chi connectivity index (χ0) is 19.0. The molecule has 142 valence electrons. The fraction of sp³-hybridized carbons (Fsp3) is 0.368. The first kappa shape index (κ1) is 17.9. The predicted octanol–water partition coefficient (Wildman–Crippen LogP) is 3.13. The maximum Gasteiger partial charge on any atom is 0.240 e. The topological polar surface area (TPSA) is 114 Å². The van der Waals surface area contributed by atoms with Crippen molar-refractivity contribution in [2.75, 3.05) is 5.73 Å². The standard InChI is InChI=1S/C19H23N5O2S/c1-12-11-14(27(25,26)24-13-5-3-2-4-6-13)7-8-15(12)16-9-10-17-18(21-16)19(20)23-22-17/h7-11,13,24H,2-6H2,1H3,(H3,20,22,23). The molecule has 27 heavy (non-hydrogen) atoms. The van der Waals surface area contributed by atoms with Gasteiger partial charge >= 0.3 is 0 Å². The Morgan fingerprint density at radius 3 is 2.67 bits per heavy atom. The van der Waals surface area contributed by atoms with E-state index in [0.717, 1.165) is 48.0 Å². The number of H-pyrrole nitrogens is 1. The van der Waals surface area contributed by atoms with E-state index in [0.29, 0.717) is 16.2 Å². The predicted molar refractivity (Wildman–Crippen MR) is 106 cm³/mol. The van der Waals surface area contributed by atoms with Gasteiger partial charge in [-0.25, -0.2) is 18.1 Å². The molecule has 7 nitrogen and oxygen atoms in total. The Morgan fingerprint density at radius 1 is 1.15 bits per heavy atom. The zero-order valence-electron chi connectivity index (χ0n) is 15.2. The molecule has 0 aliphatic heterocycles. The lowest BCUT2D eigenvalue weighted by molar-refractivity contribution is 0.412. The molecule has 1 aromatic carbocycles. The second kappa shape index (κ2) is 6.94. The second-order valence-corrected chi connectivity index (χ2v) is 8.85. The van der Waals surface area contributed by atoms with Crippen molar-refractivity contribution in [1.29, 1.82) is 0 Å². The fourth-order valence-electron chi connectivity index (χ4n) is 3.67. The van der Waals surface area contributed by atoms with Crippen molar-refractivity contribution in [3.8, 4) is 11.3 Å². The minimum absolute atomic E-state index is 0.0388. The second-order valence-electron chi connectivity index (χ2n) is 7.13. The Kier molecular flexibility index (Phi) is 4.61. The van der Waals surface area contributed by atoms with Crippen LogP contribution in [0.5, 0.6) is 0 Å². The largest absolute Gasteiger partial charge is 0.380 e. The first-order chi connectivity index (χ1) is 12.9. The molecule has 0 amide bonds. The number of pyridine rings is 1. The first-order valence-corrected chi connectivity index (χ1v) is 10.7. The molecule has 1 fully saturated rings. The average Bonchev–Trinajstić information content (AvgIpc) is 3.02. The van der Waals surface area contributed by atoms with Crippen molar-refractivity contribution >= 4 is 26.9 Å². The highest BCUT2D eigenvalue weighted by atomic mass is 32.2. The van der Waals surface area contributed by atoms with E-state index in [2.05, 4.69) is 19.9 Å². The van der Waals surface area contributed by atoms with E-state index >= 15 is 0 Å². The van der Waals surface area contributed by atoms with Crippen LogP contribution >= 0.6 is 0 Å². The summed E-state index contributed by atoms with van der Waals surface area (Å²) in [5, 5.41) is 6.78. The van der Waals surface area contributed by atoms with Crippen LogP contribution in [0.3, 0.4) is 0 Å². The number of nitrogens with one attached hydrogen (secondary N) is 2. The molecule has 8 heteroatoms. The van der Waals surface area contributed by atoms with E-state index < -0.39 is 10.0 Å². The minimum Gasteiger partial charge on any atom is -0.380 e. The number of nitrogens with zero attached hydrogens (tertiary/aromatic N) is 2. The van der Waals surface area contributed by atoms with Gasteiger partial charge in [-0.3, -0.25) is 5.10 Å². The number of anilines is 1. The molecule has 0 saturated heterocycles. The third-order valence-corrected chi connectivity index (χ3v) is 6.66. The number of aromatic amines is 1. The zero-order valence-corrected chi connectivity index (χ0v) is 16.0. The number of aryl methyl sites for hydroxylation is 1. The lowest BCUT2D eigenvalue weighted by Crippen LogP contribution is -2.36. The lowest BCUT2D eigenvalue weighted by Gasteiger charge is -2.22. The van der Waals surface area contributed by atoms with Gasteiger partial charge in [0.2, 0.25) is 10.0 Å². The van der Waals surface area contributed by atoms with E-state index in [1.165, 1.54) is 6.42 Å². The SMILES string of the molecule is Cc1cc(S(=O)(=O)NC2CCCCC2)ccc1-c1ccc2[nH]nc(N)c2n1. The van der Waals surface area contributed by atoms with Crippen LogP contribution in [0.4, 0.5) is 5.82 Å². The van der Waals surface area contributed by atoms with Gasteiger partial charge in [-0.05, 0) is 49.6 Å². The quantitative estimate of drug-likeness (QED) is 0.638. The summed E-state index contributed by atoms with van der Waals surface area (Å²) in [4.78, 5) is 4.86. The number of nitrogens with two attached hydrogens (primary N) is 1. The average molecular weight is 385 g/mol. The maximum absolute atomic E-state index is 12.7. The number of benzene rings is 1. The van der Waals surface area contributed by atoms with Gasteiger partial charge in [-0.2, -0.15) is 5.10 Å². The smallest absolute Gasteiger partial charge is 0.240 e. The van der Waals surface area contributed by atoms with Crippen LogP contribution in [0.25, 0.3) is 22.3 Å². The minimum atomic E-state index is -3.52. The molecular weight excluding hydrogens is 362 g/mol. The summed E-state index contributed by atoms with van der Waals surface area (Å²) in [5.74, 6) is 0.348. The van der Waals surface area contributed by atoms with Gasteiger partial charge in [0.25, 0.3) is 0 Å². The molecule has 0 radical (unpaired) electrons. The molecule has 0 atom stereocenters. The molecule has 0 spiro atoms. The molecular formula is C19H23N5O2S. The molecule has 4 N–H and O–H groups in total. The van der Waals surface area contributed by atoms with E-state index in [9.17, 15) is 8.42 Å². The Labute approximate surface area is 158 Å². The highest BCUT2D eigenvalue weighted by molar-refractivity contribution is 7.89. The summed E-state index contributed by atoms with van der Waals surface area (Å²) in [7, 11) is -3.52. The van der Waals surface area contributed by atoms with E-state index in [1.54, 1.807) is 18.2 Å². The van der Waals surface area contributed by atoms with Gasteiger partial charge in [0.1, 0.15) is 5.52 Å². The monoisotopic (exact) mass is 385 g/mol. The summed E-state index contributed by atoms with van der Waals surface area (Å²) >= 11 is 0. The van der Waals surface area contributed by atoms with Gasteiger partial charge in [-0.1, -0.05) is 25.3 Å². The summed E-state index contributed by atoms with van der Waals surface area (Å²) in [5.41, 5.74) is 9.67. The normalized spacial score (nSPS) is 16.0. The van der Waals surface area contributed by atoms with E-state index in [-0.39, 0.29) is 6.04 Å². The van der Waals surface area contributed by atoms with Crippen molar-refractivity contribution in [1.82, 2.24) is 19.9 Å². The molecule has 3 aromatic rings. The summed E-state index contributed by atoms with van der Waals surface area (Å²) in [6, 6.07) is 8.92. The molecule has 2 heterocycles. The summed E-state index contributed by atoms with van der Waals surface area (Å²) in [6.45, 7) is 1.89. The number of rotatable bonds is 4. The van der Waals surface area contributed by atoms with Crippen molar-refractivity contribution in [2.45, 2.75) is 50.0 Å². The Hall–Kier alpha value is -2.45. The maximum atomic E-state index is 12.7. The number of aromatic nitrogens is 3. The highest BCUT2D eigenvalue weighted by Gasteiger charge is 2.22. The lowest BCUT2D eigenvalue weighted by atomic mass is 9.96.